The molecule has 0 spiro atoms. The van der Waals surface area contributed by atoms with E-state index in [9.17, 15) is 17.6 Å². The van der Waals surface area contributed by atoms with Crippen LogP contribution in [0.3, 0.4) is 0 Å². The number of benzene rings is 2. The number of carbonyl (C=O) groups is 1. The zero-order chi connectivity index (χ0) is 18.7. The van der Waals surface area contributed by atoms with Gasteiger partial charge >= 0.3 is 0 Å². The quantitative estimate of drug-likeness (QED) is 0.778. The Morgan fingerprint density at radius 1 is 1.15 bits per heavy atom. The minimum absolute atomic E-state index is 0.122. The van der Waals surface area contributed by atoms with Gasteiger partial charge in [-0.1, -0.05) is 11.6 Å². The molecule has 0 aliphatic carbocycles. The van der Waals surface area contributed by atoms with E-state index in [1.165, 1.54) is 53.4 Å². The third kappa shape index (κ3) is 4.16. The van der Waals surface area contributed by atoms with Crippen LogP contribution in [-0.2, 0) is 14.6 Å². The lowest BCUT2D eigenvalue weighted by Crippen LogP contribution is -2.35. The number of ether oxygens (including phenoxy) is 1. The van der Waals surface area contributed by atoms with Crippen LogP contribution in [0, 0.1) is 5.82 Å². The molecule has 1 fully saturated rings. The number of hydrogen-bond acceptors (Lipinski definition) is 4. The van der Waals surface area contributed by atoms with Gasteiger partial charge < -0.3 is 9.64 Å². The number of nitrogens with zero attached hydrogens (tertiary/aromatic N) is 1. The third-order valence-corrected chi connectivity index (χ3v) is 6.70. The van der Waals surface area contributed by atoms with Gasteiger partial charge in [0.05, 0.1) is 10.1 Å². The van der Waals surface area contributed by atoms with Gasteiger partial charge in [-0.15, -0.1) is 0 Å². The lowest BCUT2D eigenvalue weighted by Gasteiger charge is -2.17. The first kappa shape index (κ1) is 18.7. The van der Waals surface area contributed by atoms with Crippen molar-refractivity contribution < 1.29 is 22.3 Å². The second-order valence-electron chi connectivity index (χ2n) is 5.99. The Kier molecular flexibility index (Phi) is 5.48. The SMILES string of the molecule is O=C(COc1ccc(F)cc1)N1CCC(S(=O)(=O)c2ccc(Cl)cc2)C1. The highest BCUT2D eigenvalue weighted by molar-refractivity contribution is 7.92. The van der Waals surface area contributed by atoms with Gasteiger partial charge in [-0.25, -0.2) is 12.8 Å². The van der Waals surface area contributed by atoms with Crippen LogP contribution in [0.1, 0.15) is 6.42 Å². The summed E-state index contributed by atoms with van der Waals surface area (Å²) in [7, 11) is -3.53. The minimum Gasteiger partial charge on any atom is -0.484 e. The number of amides is 1. The molecule has 1 unspecified atom stereocenters. The number of carbonyl (C=O) groups excluding carboxylic acids is 1. The van der Waals surface area contributed by atoms with Crippen LogP contribution in [0.25, 0.3) is 0 Å². The Morgan fingerprint density at radius 2 is 1.81 bits per heavy atom. The van der Waals surface area contributed by atoms with Gasteiger partial charge in [0.1, 0.15) is 11.6 Å². The first-order valence-corrected chi connectivity index (χ1v) is 9.94. The average molecular weight is 398 g/mol. The van der Waals surface area contributed by atoms with Crippen molar-refractivity contribution in [3.8, 4) is 5.75 Å². The zero-order valence-corrected chi connectivity index (χ0v) is 15.3. The van der Waals surface area contributed by atoms with Crippen molar-refractivity contribution in [2.45, 2.75) is 16.6 Å². The number of hydrogen-bond donors (Lipinski definition) is 0. The number of likely N-dealkylation sites (tertiary alicyclic amines) is 1. The molecule has 26 heavy (non-hydrogen) atoms. The summed E-state index contributed by atoms with van der Waals surface area (Å²) in [6, 6.07) is 11.3. The first-order chi connectivity index (χ1) is 12.4. The largest absolute Gasteiger partial charge is 0.484 e. The summed E-state index contributed by atoms with van der Waals surface area (Å²) in [6.07, 6.45) is 0.368. The fraction of sp³-hybridized carbons (Fsp3) is 0.278. The lowest BCUT2D eigenvalue weighted by molar-refractivity contribution is -0.132. The van der Waals surface area contributed by atoms with Crippen molar-refractivity contribution in [2.24, 2.45) is 0 Å². The van der Waals surface area contributed by atoms with E-state index in [0.29, 0.717) is 23.7 Å². The van der Waals surface area contributed by atoms with Crippen LogP contribution < -0.4 is 4.74 Å². The van der Waals surface area contributed by atoms with Gasteiger partial charge in [0, 0.05) is 18.1 Å². The Morgan fingerprint density at radius 3 is 2.46 bits per heavy atom. The maximum atomic E-state index is 12.9. The van der Waals surface area contributed by atoms with Crippen molar-refractivity contribution in [2.75, 3.05) is 19.7 Å². The molecule has 8 heteroatoms. The smallest absolute Gasteiger partial charge is 0.260 e. The van der Waals surface area contributed by atoms with Gasteiger partial charge in [0.15, 0.2) is 16.4 Å². The Bertz CT molecular complexity index is 884. The number of halogens is 2. The van der Waals surface area contributed by atoms with Crippen molar-refractivity contribution in [3.63, 3.8) is 0 Å². The molecular formula is C18H17ClFNO4S. The van der Waals surface area contributed by atoms with E-state index in [1.54, 1.807) is 0 Å². The minimum atomic E-state index is -3.53. The molecule has 2 aromatic rings. The van der Waals surface area contributed by atoms with E-state index < -0.39 is 20.9 Å². The summed E-state index contributed by atoms with van der Waals surface area (Å²) >= 11 is 5.80. The molecule has 1 saturated heterocycles. The van der Waals surface area contributed by atoms with Crippen molar-refractivity contribution in [1.29, 1.82) is 0 Å². The number of sulfone groups is 1. The molecule has 0 saturated carbocycles. The predicted molar refractivity (Wildman–Crippen MR) is 95.5 cm³/mol. The molecule has 1 aliphatic rings. The molecule has 0 bridgehead atoms. The van der Waals surface area contributed by atoms with Gasteiger partial charge in [0.2, 0.25) is 0 Å². The van der Waals surface area contributed by atoms with E-state index in [0.717, 1.165) is 0 Å². The van der Waals surface area contributed by atoms with Crippen LogP contribution in [0.15, 0.2) is 53.4 Å². The highest BCUT2D eigenvalue weighted by atomic mass is 35.5. The molecule has 0 N–H and O–H groups in total. The highest BCUT2D eigenvalue weighted by Gasteiger charge is 2.36. The molecule has 2 aromatic carbocycles. The Hall–Kier alpha value is -2.12. The number of rotatable bonds is 5. The fourth-order valence-electron chi connectivity index (χ4n) is 2.79. The van der Waals surface area contributed by atoms with Crippen molar-refractivity contribution in [3.05, 3.63) is 59.4 Å². The van der Waals surface area contributed by atoms with Crippen LogP contribution >= 0.6 is 11.6 Å². The maximum absolute atomic E-state index is 12.9. The van der Waals surface area contributed by atoms with Crippen LogP contribution in [0.5, 0.6) is 5.75 Å². The van der Waals surface area contributed by atoms with E-state index in [1.807, 2.05) is 0 Å². The second kappa shape index (κ2) is 7.63. The van der Waals surface area contributed by atoms with Gasteiger partial charge in [-0.2, -0.15) is 0 Å². The first-order valence-electron chi connectivity index (χ1n) is 8.02. The predicted octanol–water partition coefficient (Wildman–Crippen LogP) is 2.93. The van der Waals surface area contributed by atoms with E-state index in [-0.39, 0.29) is 24.0 Å². The summed E-state index contributed by atoms with van der Waals surface area (Å²) in [5, 5.41) is -0.191. The van der Waals surface area contributed by atoms with E-state index >= 15 is 0 Å². The Labute approximate surface area is 156 Å². The molecule has 3 rings (SSSR count). The molecule has 1 aliphatic heterocycles. The van der Waals surface area contributed by atoms with Crippen LogP contribution in [-0.4, -0.2) is 44.2 Å². The average Bonchev–Trinajstić information content (AvgIpc) is 3.12. The van der Waals surface area contributed by atoms with Crippen LogP contribution in [0.2, 0.25) is 5.02 Å². The van der Waals surface area contributed by atoms with E-state index in [2.05, 4.69) is 0 Å². The summed E-state index contributed by atoms with van der Waals surface area (Å²) in [6.45, 7) is 0.249. The molecule has 0 radical (unpaired) electrons. The van der Waals surface area contributed by atoms with E-state index in [4.69, 9.17) is 16.3 Å². The van der Waals surface area contributed by atoms with Crippen molar-refractivity contribution in [1.82, 2.24) is 4.90 Å². The molecule has 1 atom stereocenters. The molecule has 1 amide bonds. The molecule has 1 heterocycles. The molecule has 5 nitrogen and oxygen atoms in total. The maximum Gasteiger partial charge on any atom is 0.260 e. The van der Waals surface area contributed by atoms with Crippen molar-refractivity contribution >= 4 is 27.3 Å². The van der Waals surface area contributed by atoms with Gasteiger partial charge in [0.25, 0.3) is 5.91 Å². The summed E-state index contributed by atoms with van der Waals surface area (Å²) in [4.78, 5) is 13.9. The summed E-state index contributed by atoms with van der Waals surface area (Å²) in [5.41, 5.74) is 0. The molecule has 138 valence electrons. The standard InChI is InChI=1S/C18H17ClFNO4S/c19-13-1-7-16(8-2-13)26(23,24)17-9-10-21(11-17)18(22)12-25-15-5-3-14(20)4-6-15/h1-8,17H,9-12H2. The summed E-state index contributed by atoms with van der Waals surface area (Å²) in [5.74, 6) is -0.314. The second-order valence-corrected chi connectivity index (χ2v) is 8.66. The van der Waals surface area contributed by atoms with Gasteiger partial charge in [-0.3, -0.25) is 4.79 Å². The monoisotopic (exact) mass is 397 g/mol. The summed E-state index contributed by atoms with van der Waals surface area (Å²) < 4.78 is 43.5. The molecular weight excluding hydrogens is 381 g/mol. The Balaban J connectivity index is 1.59. The third-order valence-electron chi connectivity index (χ3n) is 4.25. The fourth-order valence-corrected chi connectivity index (χ4v) is 4.61. The lowest BCUT2D eigenvalue weighted by atomic mass is 10.3. The topological polar surface area (TPSA) is 63.7 Å². The highest BCUT2D eigenvalue weighted by Crippen LogP contribution is 2.25. The molecule has 0 aromatic heterocycles. The zero-order valence-electron chi connectivity index (χ0n) is 13.8. The van der Waals surface area contributed by atoms with Gasteiger partial charge in [-0.05, 0) is 55.0 Å². The normalized spacial score (nSPS) is 17.3. The van der Waals surface area contributed by atoms with Crippen LogP contribution in [0.4, 0.5) is 4.39 Å².